The summed E-state index contributed by atoms with van der Waals surface area (Å²) in [6.45, 7) is 16.4. The number of rotatable bonds is 23. The molecule has 2 aromatic rings. The van der Waals surface area contributed by atoms with Crippen molar-refractivity contribution in [2.45, 2.75) is 167 Å². The summed E-state index contributed by atoms with van der Waals surface area (Å²) in [5, 5.41) is 26.9. The van der Waals surface area contributed by atoms with Gasteiger partial charge in [0, 0.05) is 30.2 Å². The van der Waals surface area contributed by atoms with E-state index in [4.69, 9.17) is 9.47 Å². The molecule has 4 unspecified atom stereocenters. The van der Waals surface area contributed by atoms with Crippen LogP contribution in [0.25, 0.3) is 0 Å². The van der Waals surface area contributed by atoms with E-state index in [-0.39, 0.29) is 43.5 Å². The molecule has 69 heavy (non-hydrogen) atoms. The van der Waals surface area contributed by atoms with Gasteiger partial charge in [0.15, 0.2) is 0 Å². The fraction of sp³-hybridized carbons (Fsp3) is 0.623. The highest BCUT2D eigenvalue weighted by Crippen LogP contribution is 2.37. The molecule has 3 fully saturated rings. The van der Waals surface area contributed by atoms with E-state index in [9.17, 15) is 34.0 Å². The number of carbonyl (C=O) groups is 6. The smallest absolute Gasteiger partial charge is 0.407 e. The first kappa shape index (κ1) is 54.5. The molecule has 2 saturated heterocycles. The first-order valence-electron chi connectivity index (χ1n) is 25.0. The molecule has 2 heterocycles. The Balaban J connectivity index is 1.27. The van der Waals surface area contributed by atoms with E-state index in [1.54, 1.807) is 18.7 Å². The molecule has 1 saturated carbocycles. The standard InChI is InChI=1S/C53H79N7O9/c1-35(2)29-41(56-51(66)69-34-39-23-24-39)26-25-40(30-37-17-11-9-12-18-37)49(64)59-28-16-22-44(59)47(62)58-45(36(3)4)48(63)57-43(21-15-27-54-50(65)68-33-38-19-13-10-14-20-38)46(61)55-42-31-52(5,6)60(67)53(7,8)32-42/h9-14,17-20,25-26,35-36,39-45,67H,15-16,21-24,27-34H2,1-8H3,(H,54,65)(H,55,61)(H,56,66)(H,57,63)(H,58,62)/b26-25+/t40?,41?,43?,44-,45?/m0/s1. The Morgan fingerprint density at radius 2 is 1.42 bits per heavy atom. The van der Waals surface area contributed by atoms with Crippen LogP contribution in [0.3, 0.4) is 0 Å². The fourth-order valence-corrected chi connectivity index (χ4v) is 9.51. The first-order valence-corrected chi connectivity index (χ1v) is 25.0. The third-order valence-electron chi connectivity index (χ3n) is 13.2. The number of amides is 6. The Kier molecular flexibility index (Phi) is 20.0. The fourth-order valence-electron chi connectivity index (χ4n) is 9.51. The molecule has 16 heteroatoms. The van der Waals surface area contributed by atoms with E-state index in [0.29, 0.717) is 64.0 Å². The molecule has 5 atom stereocenters. The number of ether oxygens (including phenoxy) is 2. The molecule has 0 aromatic heterocycles. The number of likely N-dealkylation sites (tertiary alicyclic amines) is 1. The summed E-state index contributed by atoms with van der Waals surface area (Å²) < 4.78 is 10.8. The molecular formula is C53H79N7O9. The van der Waals surface area contributed by atoms with Crippen molar-refractivity contribution >= 4 is 35.8 Å². The van der Waals surface area contributed by atoms with Gasteiger partial charge in [-0.2, -0.15) is 5.06 Å². The molecule has 16 nitrogen and oxygen atoms in total. The number of hydrogen-bond acceptors (Lipinski definition) is 10. The first-order chi connectivity index (χ1) is 32.7. The van der Waals surface area contributed by atoms with Crippen LogP contribution >= 0.6 is 0 Å². The maximum Gasteiger partial charge on any atom is 0.407 e. The molecule has 3 aliphatic rings. The van der Waals surface area contributed by atoms with Crippen LogP contribution in [0.1, 0.15) is 124 Å². The highest BCUT2D eigenvalue weighted by molar-refractivity contribution is 5.95. The van der Waals surface area contributed by atoms with Gasteiger partial charge in [-0.3, -0.25) is 19.2 Å². The predicted octanol–water partition coefficient (Wildman–Crippen LogP) is 6.80. The summed E-state index contributed by atoms with van der Waals surface area (Å²) in [6, 6.07) is 15.4. The minimum Gasteiger partial charge on any atom is -0.449 e. The average Bonchev–Trinajstić information content (AvgIpc) is 4.00. The van der Waals surface area contributed by atoms with Crippen molar-refractivity contribution in [1.82, 2.24) is 36.5 Å². The number of alkyl carbamates (subject to hydrolysis) is 2. The Labute approximate surface area is 409 Å². The minimum absolute atomic E-state index is 0.101. The lowest BCUT2D eigenvalue weighted by Gasteiger charge is -2.51. The molecule has 0 bridgehead atoms. The van der Waals surface area contributed by atoms with E-state index in [1.165, 1.54) is 5.06 Å². The van der Waals surface area contributed by atoms with Crippen LogP contribution in [0.4, 0.5) is 9.59 Å². The number of nitrogens with one attached hydrogen (secondary N) is 5. The molecule has 6 N–H and O–H groups in total. The van der Waals surface area contributed by atoms with Gasteiger partial charge in [0.05, 0.1) is 18.6 Å². The summed E-state index contributed by atoms with van der Waals surface area (Å²) in [7, 11) is 0. The zero-order valence-corrected chi connectivity index (χ0v) is 42.1. The van der Waals surface area contributed by atoms with E-state index in [0.717, 1.165) is 24.0 Å². The SMILES string of the molecule is CC(C)CC(/C=C/C(Cc1ccccc1)C(=O)N1CCC[C@H]1C(=O)NC(C(=O)NC(CCCNC(=O)OCc1ccccc1)C(=O)NC1CC(C)(C)N(O)C(C)(C)C1)C(C)C)NC(=O)OCC1CC1. The van der Waals surface area contributed by atoms with Crippen molar-refractivity contribution in [2.75, 3.05) is 19.7 Å². The van der Waals surface area contributed by atoms with Gasteiger partial charge < -0.3 is 46.2 Å². The van der Waals surface area contributed by atoms with E-state index in [2.05, 4.69) is 40.4 Å². The van der Waals surface area contributed by atoms with Crippen molar-refractivity contribution < 1.29 is 43.4 Å². The summed E-state index contributed by atoms with van der Waals surface area (Å²) >= 11 is 0. The summed E-state index contributed by atoms with van der Waals surface area (Å²) in [5.41, 5.74) is 0.507. The van der Waals surface area contributed by atoms with E-state index < -0.39 is 70.9 Å². The normalized spacial score (nSPS) is 19.9. The van der Waals surface area contributed by atoms with Gasteiger partial charge in [-0.25, -0.2) is 9.59 Å². The van der Waals surface area contributed by atoms with Crippen molar-refractivity contribution in [2.24, 2.45) is 23.7 Å². The second kappa shape index (κ2) is 25.4. The largest absolute Gasteiger partial charge is 0.449 e. The average molecular weight is 958 g/mol. The summed E-state index contributed by atoms with van der Waals surface area (Å²) in [4.78, 5) is 84.3. The molecule has 0 spiro atoms. The zero-order valence-electron chi connectivity index (χ0n) is 42.1. The second-order valence-corrected chi connectivity index (χ2v) is 21.3. The number of piperidine rings is 1. The number of carbonyl (C=O) groups excluding carboxylic acids is 6. The predicted molar refractivity (Wildman–Crippen MR) is 263 cm³/mol. The molecule has 2 aliphatic heterocycles. The van der Waals surface area contributed by atoms with Gasteiger partial charge in [0.2, 0.25) is 23.6 Å². The third kappa shape index (κ3) is 17.2. The van der Waals surface area contributed by atoms with Crippen LogP contribution in [-0.4, -0.2) is 112 Å². The van der Waals surface area contributed by atoms with E-state index in [1.807, 2.05) is 101 Å². The lowest BCUT2D eigenvalue weighted by molar-refractivity contribution is -0.246. The Hall–Kier alpha value is -5.48. The van der Waals surface area contributed by atoms with Gasteiger partial charge in [-0.15, -0.1) is 0 Å². The lowest BCUT2D eigenvalue weighted by Crippen LogP contribution is -2.64. The molecule has 1 aliphatic carbocycles. The van der Waals surface area contributed by atoms with Crippen molar-refractivity contribution in [3.05, 3.63) is 83.9 Å². The van der Waals surface area contributed by atoms with Crippen LogP contribution in [0.5, 0.6) is 0 Å². The highest BCUT2D eigenvalue weighted by atomic mass is 16.6. The van der Waals surface area contributed by atoms with Gasteiger partial charge >= 0.3 is 12.2 Å². The Morgan fingerprint density at radius 1 is 0.783 bits per heavy atom. The molecular weight excluding hydrogens is 879 g/mol. The summed E-state index contributed by atoms with van der Waals surface area (Å²) in [6.07, 6.45) is 8.14. The van der Waals surface area contributed by atoms with E-state index >= 15 is 0 Å². The Morgan fingerprint density at radius 3 is 2.03 bits per heavy atom. The lowest BCUT2D eigenvalue weighted by atomic mass is 9.79. The zero-order chi connectivity index (χ0) is 50.3. The van der Waals surface area contributed by atoms with Gasteiger partial charge in [-0.05, 0) is 121 Å². The molecule has 380 valence electrons. The van der Waals surface area contributed by atoms with Crippen LogP contribution < -0.4 is 26.6 Å². The van der Waals surface area contributed by atoms with Gasteiger partial charge in [-0.1, -0.05) is 101 Å². The van der Waals surface area contributed by atoms with Gasteiger partial charge in [0.1, 0.15) is 24.7 Å². The quantitative estimate of drug-likeness (QED) is 0.0507. The van der Waals surface area contributed by atoms with Crippen molar-refractivity contribution in [1.29, 1.82) is 0 Å². The molecule has 2 aromatic carbocycles. The van der Waals surface area contributed by atoms with Gasteiger partial charge in [0.25, 0.3) is 0 Å². The monoisotopic (exact) mass is 958 g/mol. The molecule has 0 radical (unpaired) electrons. The number of nitrogens with zero attached hydrogens (tertiary/aromatic N) is 2. The van der Waals surface area contributed by atoms with Crippen LogP contribution in [0.15, 0.2) is 72.8 Å². The number of hydrogen-bond donors (Lipinski definition) is 6. The summed E-state index contributed by atoms with van der Waals surface area (Å²) in [5.74, 6) is -2.04. The topological polar surface area (TPSA) is 208 Å². The van der Waals surface area contributed by atoms with Crippen LogP contribution in [0, 0.1) is 23.7 Å². The maximum atomic E-state index is 14.6. The minimum atomic E-state index is -1.05. The molecule has 6 amide bonds. The number of hydroxylamine groups is 2. The molecule has 5 rings (SSSR count). The third-order valence-corrected chi connectivity index (χ3v) is 13.2. The van der Waals surface area contributed by atoms with Crippen LogP contribution in [-0.2, 0) is 41.7 Å². The maximum absolute atomic E-state index is 14.6. The number of benzene rings is 2. The Bertz CT molecular complexity index is 2020. The van der Waals surface area contributed by atoms with Crippen molar-refractivity contribution in [3.8, 4) is 0 Å². The van der Waals surface area contributed by atoms with Crippen molar-refractivity contribution in [3.63, 3.8) is 0 Å². The second-order valence-electron chi connectivity index (χ2n) is 21.3. The van der Waals surface area contributed by atoms with Crippen LogP contribution in [0.2, 0.25) is 0 Å². The highest BCUT2D eigenvalue weighted by Gasteiger charge is 2.46.